The van der Waals surface area contributed by atoms with Crippen molar-refractivity contribution in [3.8, 4) is 0 Å². The first-order chi connectivity index (χ1) is 11.1. The molecule has 6 heteroatoms. The predicted octanol–water partition coefficient (Wildman–Crippen LogP) is 2.18. The smallest absolute Gasteiger partial charge is 0.328 e. The van der Waals surface area contributed by atoms with Crippen molar-refractivity contribution in [1.29, 1.82) is 0 Å². The molecule has 1 N–H and O–H groups in total. The van der Waals surface area contributed by atoms with E-state index in [0.717, 1.165) is 11.1 Å². The van der Waals surface area contributed by atoms with E-state index in [1.807, 2.05) is 12.1 Å². The van der Waals surface area contributed by atoms with E-state index in [4.69, 9.17) is 16.3 Å². The van der Waals surface area contributed by atoms with E-state index in [2.05, 4.69) is 10.3 Å². The molecule has 1 heterocycles. The molecule has 1 atom stereocenters. The molecule has 0 bridgehead atoms. The van der Waals surface area contributed by atoms with Gasteiger partial charge < -0.3 is 10.1 Å². The highest BCUT2D eigenvalue weighted by atomic mass is 35.5. The monoisotopic (exact) mass is 332 g/mol. The molecule has 1 amide bonds. The Bertz CT molecular complexity index is 677. The third-order valence-corrected chi connectivity index (χ3v) is 3.69. The van der Waals surface area contributed by atoms with Crippen LogP contribution in [0.15, 0.2) is 48.8 Å². The molecular weight excluding hydrogens is 316 g/mol. The van der Waals surface area contributed by atoms with Gasteiger partial charge in [0.1, 0.15) is 6.04 Å². The Labute approximate surface area is 139 Å². The zero-order valence-corrected chi connectivity index (χ0v) is 13.4. The largest absolute Gasteiger partial charge is 0.467 e. The number of nitrogens with zero attached hydrogens (tertiary/aromatic N) is 1. The van der Waals surface area contributed by atoms with E-state index in [1.54, 1.807) is 36.7 Å². The third kappa shape index (κ3) is 5.07. The zero-order valence-electron chi connectivity index (χ0n) is 12.7. The van der Waals surface area contributed by atoms with Gasteiger partial charge in [-0.1, -0.05) is 29.8 Å². The second-order valence-corrected chi connectivity index (χ2v) is 5.38. The molecule has 23 heavy (non-hydrogen) atoms. The highest BCUT2D eigenvalue weighted by Crippen LogP contribution is 2.17. The van der Waals surface area contributed by atoms with Crippen molar-refractivity contribution < 1.29 is 14.3 Å². The molecule has 120 valence electrons. The molecule has 0 aliphatic carbocycles. The maximum absolute atomic E-state index is 12.1. The second-order valence-electron chi connectivity index (χ2n) is 4.97. The summed E-state index contributed by atoms with van der Waals surface area (Å²) < 4.78 is 4.77. The summed E-state index contributed by atoms with van der Waals surface area (Å²) in [6, 6.07) is 9.91. The maximum atomic E-state index is 12.1. The van der Waals surface area contributed by atoms with Crippen molar-refractivity contribution in [3.63, 3.8) is 0 Å². The number of carbonyl (C=O) groups excluding carboxylic acids is 2. The normalized spacial score (nSPS) is 11.6. The SMILES string of the molecule is COC(=O)[C@H](Cc1ccccc1Cl)NC(=O)Cc1ccncc1. The number of pyridine rings is 1. The molecule has 1 aromatic heterocycles. The summed E-state index contributed by atoms with van der Waals surface area (Å²) >= 11 is 6.11. The van der Waals surface area contributed by atoms with Crippen molar-refractivity contribution in [2.45, 2.75) is 18.9 Å². The minimum absolute atomic E-state index is 0.165. The van der Waals surface area contributed by atoms with Crippen molar-refractivity contribution in [1.82, 2.24) is 10.3 Å². The quantitative estimate of drug-likeness (QED) is 0.823. The summed E-state index contributed by atoms with van der Waals surface area (Å²) in [5.41, 5.74) is 1.59. The molecule has 0 saturated carbocycles. The molecule has 0 fully saturated rings. The number of hydrogen-bond acceptors (Lipinski definition) is 4. The molecule has 5 nitrogen and oxygen atoms in total. The number of methoxy groups -OCH3 is 1. The Hall–Kier alpha value is -2.40. The van der Waals surface area contributed by atoms with Crippen molar-refractivity contribution in [2.75, 3.05) is 7.11 Å². The van der Waals surface area contributed by atoms with E-state index in [0.29, 0.717) is 5.02 Å². The number of amides is 1. The Morgan fingerprint density at radius 3 is 2.57 bits per heavy atom. The number of nitrogens with one attached hydrogen (secondary N) is 1. The first kappa shape index (κ1) is 17.0. The van der Waals surface area contributed by atoms with Crippen LogP contribution in [-0.2, 0) is 27.2 Å². The van der Waals surface area contributed by atoms with Gasteiger partial charge in [0.15, 0.2) is 0 Å². The van der Waals surface area contributed by atoms with Crippen molar-refractivity contribution in [2.24, 2.45) is 0 Å². The van der Waals surface area contributed by atoms with Gasteiger partial charge in [0.25, 0.3) is 0 Å². The third-order valence-electron chi connectivity index (χ3n) is 3.32. The van der Waals surface area contributed by atoms with Crippen LogP contribution in [0.2, 0.25) is 5.02 Å². The lowest BCUT2D eigenvalue weighted by atomic mass is 10.1. The number of halogens is 1. The van der Waals surface area contributed by atoms with Crippen molar-refractivity contribution >= 4 is 23.5 Å². The van der Waals surface area contributed by atoms with E-state index in [9.17, 15) is 9.59 Å². The summed E-state index contributed by atoms with van der Waals surface area (Å²) in [5, 5.41) is 3.25. The summed E-state index contributed by atoms with van der Waals surface area (Å²) in [6.45, 7) is 0. The number of aromatic nitrogens is 1. The number of hydrogen-bond donors (Lipinski definition) is 1. The fraction of sp³-hybridized carbons (Fsp3) is 0.235. The van der Waals surface area contributed by atoms with Gasteiger partial charge in [0.05, 0.1) is 13.5 Å². The molecule has 0 aliphatic rings. The van der Waals surface area contributed by atoms with Crippen LogP contribution in [0.3, 0.4) is 0 Å². The highest BCUT2D eigenvalue weighted by Gasteiger charge is 2.22. The standard InChI is InChI=1S/C17H17ClN2O3/c1-23-17(22)15(11-13-4-2-3-5-14(13)18)20-16(21)10-12-6-8-19-9-7-12/h2-9,15H,10-11H2,1H3,(H,20,21)/t15-/m0/s1. The number of esters is 1. The van der Waals surface area contributed by atoms with Crippen molar-refractivity contribution in [3.05, 3.63) is 64.9 Å². The molecule has 1 aromatic carbocycles. The number of benzene rings is 1. The Morgan fingerprint density at radius 1 is 1.22 bits per heavy atom. The van der Waals surface area contributed by atoms with Gasteiger partial charge in [-0.3, -0.25) is 9.78 Å². The topological polar surface area (TPSA) is 68.3 Å². The van der Waals surface area contributed by atoms with Crippen LogP contribution in [0.25, 0.3) is 0 Å². The van der Waals surface area contributed by atoms with Gasteiger partial charge in [0, 0.05) is 23.8 Å². The average Bonchev–Trinajstić information content (AvgIpc) is 2.56. The summed E-state index contributed by atoms with van der Waals surface area (Å²) in [4.78, 5) is 28.0. The van der Waals surface area contributed by atoms with E-state index >= 15 is 0 Å². The minimum atomic E-state index is -0.783. The molecule has 0 spiro atoms. The van der Waals surface area contributed by atoms with Gasteiger partial charge in [0.2, 0.25) is 5.91 Å². The predicted molar refractivity (Wildman–Crippen MR) is 87.0 cm³/mol. The first-order valence-electron chi connectivity index (χ1n) is 7.09. The minimum Gasteiger partial charge on any atom is -0.467 e. The molecule has 2 rings (SSSR count). The van der Waals surface area contributed by atoms with Gasteiger partial charge in [-0.2, -0.15) is 0 Å². The van der Waals surface area contributed by atoms with Gasteiger partial charge in [-0.15, -0.1) is 0 Å². The number of carbonyl (C=O) groups is 2. The van der Waals surface area contributed by atoms with Gasteiger partial charge >= 0.3 is 5.97 Å². The van der Waals surface area contributed by atoms with Crippen LogP contribution in [0.1, 0.15) is 11.1 Å². The molecule has 0 aliphatic heterocycles. The Kier molecular flexibility index (Phi) is 6.11. The van der Waals surface area contributed by atoms with Crippen LogP contribution in [0.5, 0.6) is 0 Å². The lowest BCUT2D eigenvalue weighted by Gasteiger charge is -2.17. The Morgan fingerprint density at radius 2 is 1.91 bits per heavy atom. The van der Waals surface area contributed by atoms with Crippen LogP contribution >= 0.6 is 11.6 Å². The fourth-order valence-corrected chi connectivity index (χ4v) is 2.36. The maximum Gasteiger partial charge on any atom is 0.328 e. The molecule has 0 unspecified atom stereocenters. The van der Waals surface area contributed by atoms with E-state index < -0.39 is 12.0 Å². The number of rotatable bonds is 6. The summed E-state index contributed by atoms with van der Waals surface area (Å²) in [5.74, 6) is -0.772. The molecule has 0 radical (unpaired) electrons. The van der Waals surface area contributed by atoms with Crippen LogP contribution < -0.4 is 5.32 Å². The first-order valence-corrected chi connectivity index (χ1v) is 7.47. The summed E-state index contributed by atoms with van der Waals surface area (Å²) in [6.07, 6.45) is 3.67. The summed E-state index contributed by atoms with van der Waals surface area (Å²) in [7, 11) is 1.29. The lowest BCUT2D eigenvalue weighted by molar-refractivity contribution is -0.145. The Balaban J connectivity index is 2.05. The highest BCUT2D eigenvalue weighted by molar-refractivity contribution is 6.31. The van der Waals surface area contributed by atoms with Crippen LogP contribution in [0, 0.1) is 0 Å². The molecule has 2 aromatic rings. The van der Waals surface area contributed by atoms with Crippen LogP contribution in [0.4, 0.5) is 0 Å². The number of ether oxygens (including phenoxy) is 1. The fourth-order valence-electron chi connectivity index (χ4n) is 2.15. The zero-order chi connectivity index (χ0) is 16.7. The molecule has 0 saturated heterocycles. The van der Waals surface area contributed by atoms with Crippen LogP contribution in [-0.4, -0.2) is 30.0 Å². The van der Waals surface area contributed by atoms with E-state index in [-0.39, 0.29) is 18.7 Å². The average molecular weight is 333 g/mol. The van der Waals surface area contributed by atoms with Gasteiger partial charge in [-0.05, 0) is 29.3 Å². The van der Waals surface area contributed by atoms with E-state index in [1.165, 1.54) is 7.11 Å². The van der Waals surface area contributed by atoms with Gasteiger partial charge in [-0.25, -0.2) is 4.79 Å². The molecular formula is C17H17ClN2O3. The second kappa shape index (κ2) is 8.29. The lowest BCUT2D eigenvalue weighted by Crippen LogP contribution is -2.43.